The molecule has 0 radical (unpaired) electrons. The molecule has 2 aliphatic rings. The van der Waals surface area contributed by atoms with Crippen molar-refractivity contribution in [2.24, 2.45) is 0 Å². The maximum absolute atomic E-state index is 11.8. The SMILES string of the molecule is CCC1OC(=O)N2c3ccc(Br)cc3CC12. The van der Waals surface area contributed by atoms with Crippen molar-refractivity contribution in [3.8, 4) is 0 Å². The minimum absolute atomic E-state index is 0.0404. The molecule has 0 aliphatic carbocycles. The molecule has 1 aromatic carbocycles. The maximum atomic E-state index is 11.8. The van der Waals surface area contributed by atoms with Crippen LogP contribution in [0.5, 0.6) is 0 Å². The minimum Gasteiger partial charge on any atom is -0.444 e. The molecule has 1 fully saturated rings. The fourth-order valence-electron chi connectivity index (χ4n) is 2.60. The predicted octanol–water partition coefficient (Wildman–Crippen LogP) is 3.11. The number of carbonyl (C=O) groups is 1. The van der Waals surface area contributed by atoms with Gasteiger partial charge in [-0.1, -0.05) is 22.9 Å². The number of hydrogen-bond acceptors (Lipinski definition) is 2. The highest BCUT2D eigenvalue weighted by atomic mass is 79.9. The molecule has 84 valence electrons. The Kier molecular flexibility index (Phi) is 2.21. The fraction of sp³-hybridized carbons (Fsp3) is 0.417. The van der Waals surface area contributed by atoms with E-state index in [9.17, 15) is 4.79 Å². The summed E-state index contributed by atoms with van der Waals surface area (Å²) < 4.78 is 6.40. The average molecular weight is 282 g/mol. The van der Waals surface area contributed by atoms with Gasteiger partial charge >= 0.3 is 6.09 Å². The van der Waals surface area contributed by atoms with Gasteiger partial charge in [-0.05, 0) is 36.6 Å². The fourth-order valence-corrected chi connectivity index (χ4v) is 3.01. The van der Waals surface area contributed by atoms with Gasteiger partial charge in [0, 0.05) is 4.47 Å². The predicted molar refractivity (Wildman–Crippen MR) is 64.7 cm³/mol. The van der Waals surface area contributed by atoms with E-state index < -0.39 is 0 Å². The van der Waals surface area contributed by atoms with Gasteiger partial charge < -0.3 is 4.74 Å². The van der Waals surface area contributed by atoms with Crippen molar-refractivity contribution in [2.45, 2.75) is 31.9 Å². The zero-order valence-corrected chi connectivity index (χ0v) is 10.5. The molecule has 3 nitrogen and oxygen atoms in total. The Morgan fingerprint density at radius 3 is 3.12 bits per heavy atom. The van der Waals surface area contributed by atoms with Crippen LogP contribution in [-0.2, 0) is 11.2 Å². The number of ether oxygens (including phenoxy) is 1. The molecule has 0 aromatic heterocycles. The number of benzene rings is 1. The van der Waals surface area contributed by atoms with Crippen molar-refractivity contribution < 1.29 is 9.53 Å². The smallest absolute Gasteiger partial charge is 0.415 e. The second-order valence-corrected chi connectivity index (χ2v) is 5.16. The quantitative estimate of drug-likeness (QED) is 0.792. The van der Waals surface area contributed by atoms with Gasteiger partial charge in [-0.25, -0.2) is 4.79 Å². The van der Waals surface area contributed by atoms with Gasteiger partial charge in [-0.2, -0.15) is 0 Å². The monoisotopic (exact) mass is 281 g/mol. The van der Waals surface area contributed by atoms with Crippen LogP contribution in [-0.4, -0.2) is 18.2 Å². The highest BCUT2D eigenvalue weighted by Crippen LogP contribution is 2.40. The molecular formula is C12H12BrNO2. The van der Waals surface area contributed by atoms with Crippen LogP contribution < -0.4 is 4.90 Å². The van der Waals surface area contributed by atoms with E-state index in [0.29, 0.717) is 0 Å². The largest absolute Gasteiger partial charge is 0.444 e. The summed E-state index contributed by atoms with van der Waals surface area (Å²) in [5.41, 5.74) is 2.24. The summed E-state index contributed by atoms with van der Waals surface area (Å²) in [7, 11) is 0. The van der Waals surface area contributed by atoms with E-state index in [2.05, 4.69) is 28.9 Å². The van der Waals surface area contributed by atoms with E-state index in [0.717, 1.165) is 23.0 Å². The van der Waals surface area contributed by atoms with E-state index in [-0.39, 0.29) is 18.2 Å². The molecule has 16 heavy (non-hydrogen) atoms. The molecule has 2 atom stereocenters. The van der Waals surface area contributed by atoms with Crippen LogP contribution in [0.4, 0.5) is 10.5 Å². The summed E-state index contributed by atoms with van der Waals surface area (Å²) in [6.45, 7) is 2.06. The zero-order valence-electron chi connectivity index (χ0n) is 8.94. The molecule has 2 aliphatic heterocycles. The van der Waals surface area contributed by atoms with Crippen LogP contribution in [0.1, 0.15) is 18.9 Å². The number of fused-ring (bicyclic) bond motifs is 3. The number of anilines is 1. The molecule has 0 bridgehead atoms. The van der Waals surface area contributed by atoms with Gasteiger partial charge in [-0.15, -0.1) is 0 Å². The Bertz CT molecular complexity index is 460. The number of amides is 1. The van der Waals surface area contributed by atoms with E-state index in [1.165, 1.54) is 5.56 Å². The lowest BCUT2D eigenvalue weighted by Crippen LogP contribution is -2.32. The summed E-state index contributed by atoms with van der Waals surface area (Å²) in [4.78, 5) is 13.6. The minimum atomic E-state index is -0.196. The van der Waals surface area contributed by atoms with Gasteiger partial charge in [-0.3, -0.25) is 4.90 Å². The van der Waals surface area contributed by atoms with Crippen molar-refractivity contribution in [1.82, 2.24) is 0 Å². The zero-order chi connectivity index (χ0) is 11.3. The summed E-state index contributed by atoms with van der Waals surface area (Å²) in [6, 6.07) is 6.24. The third kappa shape index (κ3) is 1.29. The first-order valence-electron chi connectivity index (χ1n) is 5.49. The topological polar surface area (TPSA) is 29.5 Å². The molecule has 0 N–H and O–H groups in total. The summed E-state index contributed by atoms with van der Waals surface area (Å²) in [5, 5.41) is 0. The Morgan fingerprint density at radius 1 is 1.56 bits per heavy atom. The summed E-state index contributed by atoms with van der Waals surface area (Å²) in [6.07, 6.45) is 1.62. The molecule has 1 saturated heterocycles. The highest BCUT2D eigenvalue weighted by molar-refractivity contribution is 9.10. The Labute approximate surface area is 103 Å². The molecule has 0 spiro atoms. The molecule has 3 rings (SSSR count). The van der Waals surface area contributed by atoms with Crippen LogP contribution in [0.3, 0.4) is 0 Å². The molecule has 2 unspecified atom stereocenters. The summed E-state index contributed by atoms with van der Waals surface area (Å²) in [5.74, 6) is 0. The standard InChI is InChI=1S/C12H12BrNO2/c1-2-11-10-6-7-5-8(13)3-4-9(7)14(10)12(15)16-11/h3-5,10-11H,2,6H2,1H3. The number of halogens is 1. The van der Waals surface area contributed by atoms with Gasteiger partial charge in [0.1, 0.15) is 6.10 Å². The van der Waals surface area contributed by atoms with Crippen LogP contribution in [0, 0.1) is 0 Å². The lowest BCUT2D eigenvalue weighted by atomic mass is 10.0. The van der Waals surface area contributed by atoms with Crippen molar-refractivity contribution in [3.63, 3.8) is 0 Å². The van der Waals surface area contributed by atoms with Crippen LogP contribution in [0.15, 0.2) is 22.7 Å². The maximum Gasteiger partial charge on any atom is 0.415 e. The average Bonchev–Trinajstić information content (AvgIpc) is 2.76. The van der Waals surface area contributed by atoms with Crippen molar-refractivity contribution in [1.29, 1.82) is 0 Å². The highest BCUT2D eigenvalue weighted by Gasteiger charge is 2.46. The third-order valence-corrected chi connectivity index (χ3v) is 3.84. The first-order chi connectivity index (χ1) is 7.70. The van der Waals surface area contributed by atoms with Crippen molar-refractivity contribution >= 4 is 27.7 Å². The molecule has 4 heteroatoms. The normalized spacial score (nSPS) is 26.6. The number of nitrogens with zero attached hydrogens (tertiary/aromatic N) is 1. The van der Waals surface area contributed by atoms with Gasteiger partial charge in [0.2, 0.25) is 0 Å². The number of rotatable bonds is 1. The first kappa shape index (κ1) is 10.1. The molecule has 2 heterocycles. The van der Waals surface area contributed by atoms with Crippen molar-refractivity contribution in [3.05, 3.63) is 28.2 Å². The molecule has 1 amide bonds. The van der Waals surface area contributed by atoms with Gasteiger partial charge in [0.05, 0.1) is 11.7 Å². The number of carbonyl (C=O) groups excluding carboxylic acids is 1. The van der Waals surface area contributed by atoms with Crippen molar-refractivity contribution in [2.75, 3.05) is 4.90 Å². The van der Waals surface area contributed by atoms with Crippen LogP contribution in [0.25, 0.3) is 0 Å². The third-order valence-electron chi connectivity index (χ3n) is 3.34. The second-order valence-electron chi connectivity index (χ2n) is 4.24. The first-order valence-corrected chi connectivity index (χ1v) is 6.28. The lowest BCUT2D eigenvalue weighted by Gasteiger charge is -2.14. The van der Waals surface area contributed by atoms with Crippen LogP contribution in [0.2, 0.25) is 0 Å². The Morgan fingerprint density at radius 2 is 2.38 bits per heavy atom. The summed E-state index contributed by atoms with van der Waals surface area (Å²) >= 11 is 3.46. The van der Waals surface area contributed by atoms with E-state index in [1.807, 2.05) is 12.1 Å². The molecular weight excluding hydrogens is 270 g/mol. The number of cyclic esters (lactones) is 1. The van der Waals surface area contributed by atoms with Crippen LogP contribution >= 0.6 is 15.9 Å². The molecule has 0 saturated carbocycles. The lowest BCUT2D eigenvalue weighted by molar-refractivity contribution is 0.129. The van der Waals surface area contributed by atoms with Gasteiger partial charge in [0.15, 0.2) is 0 Å². The van der Waals surface area contributed by atoms with Gasteiger partial charge in [0.25, 0.3) is 0 Å². The van der Waals surface area contributed by atoms with E-state index in [4.69, 9.17) is 4.74 Å². The van der Waals surface area contributed by atoms with E-state index in [1.54, 1.807) is 4.90 Å². The Balaban J connectivity index is 2.04. The Hall–Kier alpha value is -1.03. The van der Waals surface area contributed by atoms with E-state index >= 15 is 0 Å². The molecule has 1 aromatic rings. The second kappa shape index (κ2) is 3.48. The number of hydrogen-bond donors (Lipinski definition) is 0.